The Morgan fingerprint density at radius 3 is 2.37 bits per heavy atom. The Bertz CT molecular complexity index is 921. The molecular weight excluding hydrogens is 364 g/mol. The highest BCUT2D eigenvalue weighted by Gasteiger charge is 2.28. The summed E-state index contributed by atoms with van der Waals surface area (Å²) in [6.07, 6.45) is 0. The summed E-state index contributed by atoms with van der Waals surface area (Å²) in [7, 11) is -3.32. The van der Waals surface area contributed by atoms with E-state index in [0.717, 1.165) is 28.3 Å². The third kappa shape index (κ3) is 3.89. The van der Waals surface area contributed by atoms with Crippen LogP contribution in [0, 0.1) is 6.92 Å². The molecule has 2 aromatic carbocycles. The van der Waals surface area contributed by atoms with Gasteiger partial charge in [0, 0.05) is 37.9 Å². The lowest BCUT2D eigenvalue weighted by Gasteiger charge is -2.36. The fraction of sp³-hybridized carbons (Fsp3) is 0.400. The highest BCUT2D eigenvalue weighted by atomic mass is 32.2. The first-order valence-electron chi connectivity index (χ1n) is 9.20. The number of fused-ring (bicyclic) bond motifs is 1. The van der Waals surface area contributed by atoms with Crippen LogP contribution in [0.3, 0.4) is 0 Å². The first-order valence-corrected chi connectivity index (χ1v) is 10.8. The summed E-state index contributed by atoms with van der Waals surface area (Å²) in [5, 5.41) is 0. The zero-order chi connectivity index (χ0) is 18.9. The number of aryl methyl sites for hydroxylation is 1. The molecule has 0 bridgehead atoms. The van der Waals surface area contributed by atoms with Crippen LogP contribution in [0.25, 0.3) is 0 Å². The number of rotatable bonds is 4. The van der Waals surface area contributed by atoms with Gasteiger partial charge in [-0.2, -0.15) is 4.31 Å². The fourth-order valence-electron chi connectivity index (χ4n) is 3.51. The van der Waals surface area contributed by atoms with Gasteiger partial charge in [-0.15, -0.1) is 0 Å². The molecule has 0 spiro atoms. The topological polar surface area (TPSA) is 59.1 Å². The highest BCUT2D eigenvalue weighted by molar-refractivity contribution is 7.88. The van der Waals surface area contributed by atoms with Crippen molar-refractivity contribution in [1.29, 1.82) is 0 Å². The Hall–Kier alpha value is -2.25. The summed E-state index contributed by atoms with van der Waals surface area (Å²) >= 11 is 0. The van der Waals surface area contributed by atoms with E-state index in [1.807, 2.05) is 49.4 Å². The molecule has 0 saturated carbocycles. The molecule has 0 atom stereocenters. The first kappa shape index (κ1) is 18.1. The molecule has 2 aromatic rings. The SMILES string of the molecule is Cc1ccccc1CS(=O)(=O)N1CCN(c2ccc3c(c2)OCCO3)CC1. The van der Waals surface area contributed by atoms with Gasteiger partial charge in [0.1, 0.15) is 13.2 Å². The van der Waals surface area contributed by atoms with E-state index in [1.54, 1.807) is 4.31 Å². The standard InChI is InChI=1S/C20H24N2O4S/c1-16-4-2-3-5-17(16)15-27(23,24)22-10-8-21(9-11-22)18-6-7-19-20(14-18)26-13-12-25-19/h2-7,14H,8-13,15H2,1H3. The van der Waals surface area contributed by atoms with E-state index in [1.165, 1.54) is 0 Å². The van der Waals surface area contributed by atoms with Crippen molar-refractivity contribution in [3.8, 4) is 11.5 Å². The molecular formula is C20H24N2O4S. The highest BCUT2D eigenvalue weighted by Crippen LogP contribution is 2.34. The first-order chi connectivity index (χ1) is 13.0. The molecule has 4 rings (SSSR count). The summed E-state index contributed by atoms with van der Waals surface area (Å²) < 4.78 is 38.4. The quantitative estimate of drug-likeness (QED) is 0.805. The van der Waals surface area contributed by atoms with Crippen molar-refractivity contribution in [2.75, 3.05) is 44.3 Å². The molecule has 2 heterocycles. The van der Waals surface area contributed by atoms with Gasteiger partial charge in [-0.1, -0.05) is 24.3 Å². The Morgan fingerprint density at radius 2 is 1.63 bits per heavy atom. The van der Waals surface area contributed by atoms with E-state index in [2.05, 4.69) is 4.90 Å². The molecule has 0 aliphatic carbocycles. The monoisotopic (exact) mass is 388 g/mol. The van der Waals surface area contributed by atoms with Gasteiger partial charge in [0.15, 0.2) is 11.5 Å². The van der Waals surface area contributed by atoms with Gasteiger partial charge in [0.2, 0.25) is 10.0 Å². The van der Waals surface area contributed by atoms with Crippen molar-refractivity contribution in [1.82, 2.24) is 4.31 Å². The van der Waals surface area contributed by atoms with Crippen molar-refractivity contribution in [2.24, 2.45) is 0 Å². The van der Waals surface area contributed by atoms with Crippen molar-refractivity contribution in [3.05, 3.63) is 53.6 Å². The van der Waals surface area contributed by atoms with Crippen LogP contribution in [0.1, 0.15) is 11.1 Å². The van der Waals surface area contributed by atoms with E-state index < -0.39 is 10.0 Å². The predicted octanol–water partition coefficient (Wildman–Crippen LogP) is 2.42. The number of ether oxygens (including phenoxy) is 2. The lowest BCUT2D eigenvalue weighted by atomic mass is 10.1. The second-order valence-electron chi connectivity index (χ2n) is 6.90. The molecule has 2 aliphatic rings. The second kappa shape index (κ2) is 7.40. The number of sulfonamides is 1. The van der Waals surface area contributed by atoms with Gasteiger partial charge in [0.05, 0.1) is 5.75 Å². The maximum Gasteiger partial charge on any atom is 0.218 e. The lowest BCUT2D eigenvalue weighted by Crippen LogP contribution is -2.49. The summed E-state index contributed by atoms with van der Waals surface area (Å²) in [5.41, 5.74) is 2.91. The Kier molecular flexibility index (Phi) is 4.97. The molecule has 1 fully saturated rings. The second-order valence-corrected chi connectivity index (χ2v) is 8.87. The van der Waals surface area contributed by atoms with Crippen LogP contribution in [-0.2, 0) is 15.8 Å². The van der Waals surface area contributed by atoms with Crippen LogP contribution >= 0.6 is 0 Å². The van der Waals surface area contributed by atoms with E-state index in [-0.39, 0.29) is 5.75 Å². The summed E-state index contributed by atoms with van der Waals surface area (Å²) in [4.78, 5) is 2.19. The van der Waals surface area contributed by atoms with Gasteiger partial charge in [-0.3, -0.25) is 0 Å². The van der Waals surface area contributed by atoms with Crippen molar-refractivity contribution < 1.29 is 17.9 Å². The molecule has 7 heteroatoms. The zero-order valence-electron chi connectivity index (χ0n) is 15.4. The molecule has 0 amide bonds. The molecule has 0 unspecified atom stereocenters. The molecule has 144 valence electrons. The van der Waals surface area contributed by atoms with Crippen LogP contribution in [0.4, 0.5) is 5.69 Å². The Labute approximate surface area is 160 Å². The number of piperazine rings is 1. The number of nitrogens with zero attached hydrogens (tertiary/aromatic N) is 2. The van der Waals surface area contributed by atoms with Crippen LogP contribution in [-0.4, -0.2) is 52.1 Å². The van der Waals surface area contributed by atoms with Crippen molar-refractivity contribution >= 4 is 15.7 Å². The van der Waals surface area contributed by atoms with Crippen molar-refractivity contribution in [3.63, 3.8) is 0 Å². The minimum Gasteiger partial charge on any atom is -0.486 e. The molecule has 0 N–H and O–H groups in total. The summed E-state index contributed by atoms with van der Waals surface area (Å²) in [5.74, 6) is 1.58. The third-order valence-corrected chi connectivity index (χ3v) is 6.95. The van der Waals surface area contributed by atoms with Gasteiger partial charge >= 0.3 is 0 Å². The third-order valence-electron chi connectivity index (χ3n) is 5.12. The molecule has 1 saturated heterocycles. The fourth-order valence-corrected chi connectivity index (χ4v) is 5.13. The van der Waals surface area contributed by atoms with Crippen molar-refractivity contribution in [2.45, 2.75) is 12.7 Å². The maximum atomic E-state index is 12.8. The van der Waals surface area contributed by atoms with E-state index >= 15 is 0 Å². The van der Waals surface area contributed by atoms with Gasteiger partial charge in [0.25, 0.3) is 0 Å². The minimum atomic E-state index is -3.32. The molecule has 6 nitrogen and oxygen atoms in total. The van der Waals surface area contributed by atoms with Crippen LogP contribution in [0.2, 0.25) is 0 Å². The summed E-state index contributed by atoms with van der Waals surface area (Å²) in [6.45, 7) is 5.38. The van der Waals surface area contributed by atoms with Crippen LogP contribution in [0.15, 0.2) is 42.5 Å². The lowest BCUT2D eigenvalue weighted by molar-refractivity contribution is 0.171. The largest absolute Gasteiger partial charge is 0.486 e. The minimum absolute atomic E-state index is 0.0592. The van der Waals surface area contributed by atoms with Gasteiger partial charge in [-0.25, -0.2) is 8.42 Å². The Balaban J connectivity index is 1.42. The van der Waals surface area contributed by atoms with E-state index in [4.69, 9.17) is 9.47 Å². The smallest absolute Gasteiger partial charge is 0.218 e. The maximum absolute atomic E-state index is 12.8. The molecule has 27 heavy (non-hydrogen) atoms. The van der Waals surface area contributed by atoms with Crippen LogP contribution < -0.4 is 14.4 Å². The van der Waals surface area contributed by atoms with E-state index in [0.29, 0.717) is 39.4 Å². The van der Waals surface area contributed by atoms with Gasteiger partial charge in [-0.05, 0) is 30.2 Å². The predicted molar refractivity (Wildman–Crippen MR) is 105 cm³/mol. The normalized spacial score (nSPS) is 17.7. The molecule has 2 aliphatic heterocycles. The van der Waals surface area contributed by atoms with E-state index in [9.17, 15) is 8.42 Å². The summed E-state index contributed by atoms with van der Waals surface area (Å²) in [6, 6.07) is 13.6. The van der Waals surface area contributed by atoms with Gasteiger partial charge < -0.3 is 14.4 Å². The average Bonchev–Trinajstić information content (AvgIpc) is 2.69. The number of anilines is 1. The molecule has 0 radical (unpaired) electrons. The average molecular weight is 388 g/mol. The number of benzene rings is 2. The Morgan fingerprint density at radius 1 is 0.926 bits per heavy atom. The molecule has 0 aromatic heterocycles. The van der Waals surface area contributed by atoms with Crippen LogP contribution in [0.5, 0.6) is 11.5 Å². The number of hydrogen-bond donors (Lipinski definition) is 0. The zero-order valence-corrected chi connectivity index (χ0v) is 16.2. The number of hydrogen-bond acceptors (Lipinski definition) is 5.